The molecular formula is C10H15IN2O. The normalized spacial score (nSPS) is 10.6. The van der Waals surface area contributed by atoms with E-state index in [-0.39, 0.29) is 0 Å². The summed E-state index contributed by atoms with van der Waals surface area (Å²) in [6.07, 6.45) is 0. The van der Waals surface area contributed by atoms with E-state index in [4.69, 9.17) is 10.5 Å². The van der Waals surface area contributed by atoms with Gasteiger partial charge in [0.15, 0.2) is 0 Å². The van der Waals surface area contributed by atoms with E-state index in [0.717, 1.165) is 21.6 Å². The van der Waals surface area contributed by atoms with Crippen molar-refractivity contribution >= 4 is 28.3 Å². The van der Waals surface area contributed by atoms with Crippen LogP contribution in [0.5, 0.6) is 5.75 Å². The van der Waals surface area contributed by atoms with Gasteiger partial charge >= 0.3 is 0 Å². The molecule has 0 aromatic heterocycles. The monoisotopic (exact) mass is 306 g/mol. The van der Waals surface area contributed by atoms with Gasteiger partial charge in [0.25, 0.3) is 0 Å². The van der Waals surface area contributed by atoms with Crippen LogP contribution < -0.4 is 10.5 Å². The summed E-state index contributed by atoms with van der Waals surface area (Å²) in [5.41, 5.74) is 6.41. The molecule has 0 saturated carbocycles. The quantitative estimate of drug-likeness (QED) is 0.681. The first-order chi connectivity index (χ1) is 6.59. The van der Waals surface area contributed by atoms with Crippen LogP contribution >= 0.6 is 22.6 Å². The summed E-state index contributed by atoms with van der Waals surface area (Å²) in [4.78, 5) is 2.08. The van der Waals surface area contributed by atoms with Crippen molar-refractivity contribution in [1.29, 1.82) is 0 Å². The lowest BCUT2D eigenvalue weighted by atomic mass is 10.3. The van der Waals surface area contributed by atoms with E-state index in [2.05, 4.69) is 27.5 Å². The number of hydrogen-bond acceptors (Lipinski definition) is 3. The number of anilines is 1. The van der Waals surface area contributed by atoms with Gasteiger partial charge < -0.3 is 15.4 Å². The Bertz CT molecular complexity index is 302. The van der Waals surface area contributed by atoms with Crippen molar-refractivity contribution in [1.82, 2.24) is 4.90 Å². The van der Waals surface area contributed by atoms with Gasteiger partial charge in [-0.15, -0.1) is 0 Å². The molecule has 0 unspecified atom stereocenters. The van der Waals surface area contributed by atoms with Crippen molar-refractivity contribution in [2.75, 3.05) is 33.0 Å². The third-order valence-electron chi connectivity index (χ3n) is 1.75. The number of likely N-dealkylation sites (N-methyl/N-ethyl adjacent to an activating group) is 1. The zero-order chi connectivity index (χ0) is 10.6. The van der Waals surface area contributed by atoms with E-state index < -0.39 is 0 Å². The van der Waals surface area contributed by atoms with Crippen LogP contribution in [0.25, 0.3) is 0 Å². The zero-order valence-corrected chi connectivity index (χ0v) is 10.6. The van der Waals surface area contributed by atoms with E-state index in [1.165, 1.54) is 0 Å². The average molecular weight is 306 g/mol. The van der Waals surface area contributed by atoms with Crippen LogP contribution in [-0.2, 0) is 0 Å². The van der Waals surface area contributed by atoms with E-state index in [1.807, 2.05) is 32.3 Å². The molecule has 0 fully saturated rings. The van der Waals surface area contributed by atoms with Crippen LogP contribution in [0.1, 0.15) is 0 Å². The summed E-state index contributed by atoms with van der Waals surface area (Å²) in [5.74, 6) is 0.868. The highest BCUT2D eigenvalue weighted by atomic mass is 127. The van der Waals surface area contributed by atoms with Gasteiger partial charge in [0.05, 0.1) is 3.57 Å². The maximum absolute atomic E-state index is 5.67. The maximum atomic E-state index is 5.67. The number of nitrogen functional groups attached to an aromatic ring is 1. The minimum Gasteiger partial charge on any atom is -0.491 e. The molecule has 2 N–H and O–H groups in total. The van der Waals surface area contributed by atoms with E-state index in [1.54, 1.807) is 0 Å². The fraction of sp³-hybridized carbons (Fsp3) is 0.400. The molecule has 0 saturated heterocycles. The van der Waals surface area contributed by atoms with Crippen LogP contribution in [-0.4, -0.2) is 32.1 Å². The Labute approximate surface area is 98.4 Å². The summed E-state index contributed by atoms with van der Waals surface area (Å²) < 4.78 is 6.69. The second-order valence-electron chi connectivity index (χ2n) is 3.34. The highest BCUT2D eigenvalue weighted by Gasteiger charge is 2.01. The standard InChI is InChI=1S/C10H15IN2O/c1-13(2)5-6-14-10-7-8(12)3-4-9(10)11/h3-4,7H,5-6,12H2,1-2H3. The Morgan fingerprint density at radius 3 is 2.79 bits per heavy atom. The molecule has 14 heavy (non-hydrogen) atoms. The van der Waals surface area contributed by atoms with Gasteiger partial charge in [0.2, 0.25) is 0 Å². The van der Waals surface area contributed by atoms with Crippen LogP contribution in [0.3, 0.4) is 0 Å². The molecule has 78 valence electrons. The third-order valence-corrected chi connectivity index (χ3v) is 2.64. The fourth-order valence-electron chi connectivity index (χ4n) is 0.969. The molecule has 0 aliphatic heterocycles. The third kappa shape index (κ3) is 3.71. The Morgan fingerprint density at radius 2 is 2.14 bits per heavy atom. The number of hydrogen-bond donors (Lipinski definition) is 1. The Kier molecular flexibility index (Phi) is 4.47. The highest BCUT2D eigenvalue weighted by molar-refractivity contribution is 14.1. The summed E-state index contributed by atoms with van der Waals surface area (Å²) in [7, 11) is 4.04. The molecule has 0 atom stereocenters. The molecule has 0 amide bonds. The molecule has 1 aromatic rings. The van der Waals surface area contributed by atoms with Gasteiger partial charge in [-0.05, 0) is 48.8 Å². The molecule has 1 rings (SSSR count). The van der Waals surface area contributed by atoms with Crippen LogP contribution in [0, 0.1) is 3.57 Å². The van der Waals surface area contributed by atoms with E-state index in [0.29, 0.717) is 6.61 Å². The lowest BCUT2D eigenvalue weighted by molar-refractivity contribution is 0.260. The second kappa shape index (κ2) is 5.41. The average Bonchev–Trinajstić information content (AvgIpc) is 2.10. The van der Waals surface area contributed by atoms with Crippen molar-refractivity contribution in [3.8, 4) is 5.75 Å². The second-order valence-corrected chi connectivity index (χ2v) is 4.50. The molecule has 0 aliphatic carbocycles. The Balaban J connectivity index is 2.53. The van der Waals surface area contributed by atoms with Gasteiger partial charge in [0.1, 0.15) is 12.4 Å². The predicted octanol–water partition coefficient (Wildman–Crippen LogP) is 1.81. The Hall–Kier alpha value is -0.490. The van der Waals surface area contributed by atoms with E-state index in [9.17, 15) is 0 Å². The number of rotatable bonds is 4. The molecule has 1 aromatic carbocycles. The van der Waals surface area contributed by atoms with Crippen LogP contribution in [0.15, 0.2) is 18.2 Å². The SMILES string of the molecule is CN(C)CCOc1cc(N)ccc1I. The summed E-state index contributed by atoms with van der Waals surface area (Å²) in [5, 5.41) is 0. The lowest BCUT2D eigenvalue weighted by Gasteiger charge is -2.12. The van der Waals surface area contributed by atoms with E-state index >= 15 is 0 Å². The van der Waals surface area contributed by atoms with Gasteiger partial charge in [-0.1, -0.05) is 0 Å². The molecule has 0 aliphatic rings. The Morgan fingerprint density at radius 1 is 1.43 bits per heavy atom. The van der Waals surface area contributed by atoms with Crippen molar-refractivity contribution in [2.45, 2.75) is 0 Å². The minimum atomic E-state index is 0.687. The smallest absolute Gasteiger partial charge is 0.134 e. The molecule has 3 nitrogen and oxygen atoms in total. The first-order valence-corrected chi connectivity index (χ1v) is 5.50. The van der Waals surface area contributed by atoms with Crippen LogP contribution in [0.4, 0.5) is 5.69 Å². The first kappa shape index (κ1) is 11.6. The molecular weight excluding hydrogens is 291 g/mol. The molecule has 4 heteroatoms. The fourth-order valence-corrected chi connectivity index (χ4v) is 1.46. The van der Waals surface area contributed by atoms with Gasteiger partial charge in [0, 0.05) is 18.3 Å². The highest BCUT2D eigenvalue weighted by Crippen LogP contribution is 2.23. The van der Waals surface area contributed by atoms with Gasteiger partial charge in [-0.2, -0.15) is 0 Å². The lowest BCUT2D eigenvalue weighted by Crippen LogP contribution is -2.19. The number of nitrogens with two attached hydrogens (primary N) is 1. The van der Waals surface area contributed by atoms with Crippen molar-refractivity contribution in [3.05, 3.63) is 21.8 Å². The predicted molar refractivity (Wildman–Crippen MR) is 67.6 cm³/mol. The van der Waals surface area contributed by atoms with Crippen molar-refractivity contribution < 1.29 is 4.74 Å². The number of halogens is 1. The number of nitrogens with zero attached hydrogens (tertiary/aromatic N) is 1. The number of ether oxygens (including phenoxy) is 1. The van der Waals surface area contributed by atoms with Crippen LogP contribution in [0.2, 0.25) is 0 Å². The van der Waals surface area contributed by atoms with Gasteiger partial charge in [-0.3, -0.25) is 0 Å². The maximum Gasteiger partial charge on any atom is 0.134 e. The summed E-state index contributed by atoms with van der Waals surface area (Å²) >= 11 is 2.24. The molecule has 0 bridgehead atoms. The number of benzene rings is 1. The zero-order valence-electron chi connectivity index (χ0n) is 8.46. The molecule has 0 heterocycles. The summed E-state index contributed by atoms with van der Waals surface area (Å²) in [6, 6.07) is 5.69. The largest absolute Gasteiger partial charge is 0.491 e. The van der Waals surface area contributed by atoms with Crippen molar-refractivity contribution in [2.24, 2.45) is 0 Å². The molecule has 0 spiro atoms. The minimum absolute atomic E-state index is 0.687. The van der Waals surface area contributed by atoms with Gasteiger partial charge in [-0.25, -0.2) is 0 Å². The topological polar surface area (TPSA) is 38.5 Å². The summed E-state index contributed by atoms with van der Waals surface area (Å²) in [6.45, 7) is 1.59. The van der Waals surface area contributed by atoms with Crippen molar-refractivity contribution in [3.63, 3.8) is 0 Å². The molecule has 0 radical (unpaired) electrons. The first-order valence-electron chi connectivity index (χ1n) is 4.42.